The molecular weight excluding hydrogens is 424 g/mol. The van der Waals surface area contributed by atoms with Gasteiger partial charge in [-0.1, -0.05) is 115 Å². The lowest BCUT2D eigenvalue weighted by molar-refractivity contribution is 1.18. The smallest absolute Gasteiger partial charge is 0.161 e. The summed E-state index contributed by atoms with van der Waals surface area (Å²) >= 11 is 6.42. The summed E-state index contributed by atoms with van der Waals surface area (Å²) in [5, 5.41) is 5.33. The molecule has 0 radical (unpaired) electrons. The normalized spacial score (nSPS) is 11.2. The minimum atomic E-state index is 0.431. The Morgan fingerprint density at radius 1 is 0.455 bits per heavy atom. The molecular formula is C30H19ClN2. The monoisotopic (exact) mass is 442 g/mol. The highest BCUT2D eigenvalue weighted by Gasteiger charge is 2.10. The van der Waals surface area contributed by atoms with E-state index in [9.17, 15) is 0 Å². The third kappa shape index (κ3) is 3.75. The van der Waals surface area contributed by atoms with E-state index in [-0.39, 0.29) is 0 Å². The summed E-state index contributed by atoms with van der Waals surface area (Å²) in [6.07, 6.45) is 0. The minimum Gasteiger partial charge on any atom is -0.228 e. The average molecular weight is 443 g/mol. The molecule has 0 unspecified atom stereocenters. The van der Waals surface area contributed by atoms with Crippen LogP contribution < -0.4 is 0 Å². The Balaban J connectivity index is 1.40. The molecule has 0 aliphatic heterocycles. The molecule has 3 heteroatoms. The Labute approximate surface area is 197 Å². The van der Waals surface area contributed by atoms with E-state index < -0.39 is 0 Å². The summed E-state index contributed by atoms with van der Waals surface area (Å²) in [5.41, 5.74) is 5.10. The molecule has 1 heterocycles. The van der Waals surface area contributed by atoms with Gasteiger partial charge in [0.25, 0.3) is 0 Å². The molecule has 0 amide bonds. The first-order valence-corrected chi connectivity index (χ1v) is 11.2. The molecule has 6 aromatic rings. The zero-order valence-corrected chi connectivity index (χ0v) is 18.5. The van der Waals surface area contributed by atoms with Crippen molar-refractivity contribution in [3.05, 3.63) is 120 Å². The fraction of sp³-hybridized carbons (Fsp3) is 0. The quantitative estimate of drug-likeness (QED) is 0.203. The number of hydrogen-bond acceptors (Lipinski definition) is 2. The maximum Gasteiger partial charge on any atom is 0.161 e. The number of halogens is 1. The molecule has 0 spiro atoms. The zero-order chi connectivity index (χ0) is 22.2. The Hall–Kier alpha value is -4.01. The molecule has 156 valence electrons. The SMILES string of the molecule is Clc1cc(-c2ccc3c(ccc4ccccc43)c2)nc(-c2ccc(-c3ccccc3)cc2)n1. The maximum atomic E-state index is 6.42. The number of fused-ring (bicyclic) bond motifs is 3. The Kier molecular flexibility index (Phi) is 4.86. The van der Waals surface area contributed by atoms with E-state index >= 15 is 0 Å². The van der Waals surface area contributed by atoms with Crippen molar-refractivity contribution in [3.8, 4) is 33.8 Å². The number of aromatic nitrogens is 2. The molecule has 0 saturated heterocycles. The molecule has 0 N–H and O–H groups in total. The van der Waals surface area contributed by atoms with Gasteiger partial charge in [0.15, 0.2) is 5.82 Å². The van der Waals surface area contributed by atoms with E-state index in [1.807, 2.05) is 36.4 Å². The van der Waals surface area contributed by atoms with E-state index in [0.717, 1.165) is 22.4 Å². The van der Waals surface area contributed by atoms with Gasteiger partial charge in [-0.25, -0.2) is 9.97 Å². The first-order chi connectivity index (χ1) is 16.2. The molecule has 33 heavy (non-hydrogen) atoms. The van der Waals surface area contributed by atoms with Crippen LogP contribution in [-0.2, 0) is 0 Å². The Bertz CT molecular complexity index is 1610. The van der Waals surface area contributed by atoms with Gasteiger partial charge in [0.05, 0.1) is 5.69 Å². The molecule has 0 bridgehead atoms. The molecule has 0 fully saturated rings. The van der Waals surface area contributed by atoms with Gasteiger partial charge in [-0.2, -0.15) is 0 Å². The number of rotatable bonds is 3. The van der Waals surface area contributed by atoms with Crippen molar-refractivity contribution >= 4 is 33.1 Å². The summed E-state index contributed by atoms with van der Waals surface area (Å²) in [6, 6.07) is 39.6. The predicted molar refractivity (Wildman–Crippen MR) is 138 cm³/mol. The second kappa shape index (κ2) is 8.16. The van der Waals surface area contributed by atoms with Crippen molar-refractivity contribution in [3.63, 3.8) is 0 Å². The van der Waals surface area contributed by atoms with E-state index in [1.54, 1.807) is 0 Å². The van der Waals surface area contributed by atoms with Gasteiger partial charge in [-0.05, 0) is 38.7 Å². The summed E-state index contributed by atoms with van der Waals surface area (Å²) in [7, 11) is 0. The minimum absolute atomic E-state index is 0.431. The molecule has 1 aromatic heterocycles. The van der Waals surface area contributed by atoms with Gasteiger partial charge in [0.1, 0.15) is 5.15 Å². The molecule has 2 nitrogen and oxygen atoms in total. The van der Waals surface area contributed by atoms with Crippen LogP contribution >= 0.6 is 11.6 Å². The first kappa shape index (κ1) is 19.7. The van der Waals surface area contributed by atoms with Crippen LogP contribution in [0.2, 0.25) is 5.15 Å². The predicted octanol–water partition coefficient (Wildman–Crippen LogP) is 8.44. The molecule has 6 rings (SSSR count). The fourth-order valence-corrected chi connectivity index (χ4v) is 4.49. The van der Waals surface area contributed by atoms with Gasteiger partial charge >= 0.3 is 0 Å². The van der Waals surface area contributed by atoms with E-state index in [2.05, 4.69) is 83.8 Å². The summed E-state index contributed by atoms with van der Waals surface area (Å²) in [6.45, 7) is 0. The van der Waals surface area contributed by atoms with Crippen LogP contribution in [0.15, 0.2) is 115 Å². The van der Waals surface area contributed by atoms with Crippen LogP contribution in [0.25, 0.3) is 55.3 Å². The van der Waals surface area contributed by atoms with E-state index in [1.165, 1.54) is 27.1 Å². The fourth-order valence-electron chi connectivity index (χ4n) is 4.31. The zero-order valence-electron chi connectivity index (χ0n) is 17.7. The van der Waals surface area contributed by atoms with Gasteiger partial charge in [-0.3, -0.25) is 0 Å². The highest BCUT2D eigenvalue weighted by atomic mass is 35.5. The van der Waals surface area contributed by atoms with Crippen molar-refractivity contribution in [2.75, 3.05) is 0 Å². The first-order valence-electron chi connectivity index (χ1n) is 10.9. The van der Waals surface area contributed by atoms with Crippen molar-refractivity contribution < 1.29 is 0 Å². The number of nitrogens with zero attached hydrogens (tertiary/aromatic N) is 2. The van der Waals surface area contributed by atoms with Gasteiger partial charge < -0.3 is 0 Å². The van der Waals surface area contributed by atoms with Crippen molar-refractivity contribution in [1.82, 2.24) is 9.97 Å². The second-order valence-corrected chi connectivity index (χ2v) is 8.45. The summed E-state index contributed by atoms with van der Waals surface area (Å²) < 4.78 is 0. The van der Waals surface area contributed by atoms with Crippen molar-refractivity contribution in [1.29, 1.82) is 0 Å². The third-order valence-corrected chi connectivity index (χ3v) is 6.18. The summed E-state index contributed by atoms with van der Waals surface area (Å²) in [4.78, 5) is 9.34. The lowest BCUT2D eigenvalue weighted by atomic mass is 9.99. The molecule has 0 aliphatic rings. The summed E-state index contributed by atoms with van der Waals surface area (Å²) in [5.74, 6) is 0.621. The van der Waals surface area contributed by atoms with Crippen molar-refractivity contribution in [2.24, 2.45) is 0 Å². The van der Waals surface area contributed by atoms with Gasteiger partial charge in [0.2, 0.25) is 0 Å². The van der Waals surface area contributed by atoms with Crippen LogP contribution in [-0.4, -0.2) is 9.97 Å². The van der Waals surface area contributed by atoms with Crippen LogP contribution in [0.5, 0.6) is 0 Å². The lowest BCUT2D eigenvalue weighted by Crippen LogP contribution is -1.93. The molecule has 0 atom stereocenters. The Morgan fingerprint density at radius 3 is 1.94 bits per heavy atom. The highest BCUT2D eigenvalue weighted by Crippen LogP contribution is 2.31. The molecule has 0 saturated carbocycles. The molecule has 5 aromatic carbocycles. The van der Waals surface area contributed by atoms with Crippen LogP contribution in [0, 0.1) is 0 Å². The lowest BCUT2D eigenvalue weighted by Gasteiger charge is -2.09. The van der Waals surface area contributed by atoms with Crippen molar-refractivity contribution in [2.45, 2.75) is 0 Å². The third-order valence-electron chi connectivity index (χ3n) is 5.99. The average Bonchev–Trinajstić information content (AvgIpc) is 2.88. The maximum absolute atomic E-state index is 6.42. The number of benzene rings is 5. The van der Waals surface area contributed by atoms with Crippen LogP contribution in [0.4, 0.5) is 0 Å². The van der Waals surface area contributed by atoms with Gasteiger partial charge in [0, 0.05) is 17.2 Å². The molecule has 0 aliphatic carbocycles. The van der Waals surface area contributed by atoms with E-state index in [0.29, 0.717) is 11.0 Å². The Morgan fingerprint density at radius 2 is 1.09 bits per heavy atom. The largest absolute Gasteiger partial charge is 0.228 e. The topological polar surface area (TPSA) is 25.8 Å². The highest BCUT2D eigenvalue weighted by molar-refractivity contribution is 6.29. The van der Waals surface area contributed by atoms with E-state index in [4.69, 9.17) is 16.6 Å². The van der Waals surface area contributed by atoms with Crippen LogP contribution in [0.3, 0.4) is 0 Å². The number of hydrogen-bond donors (Lipinski definition) is 0. The second-order valence-electron chi connectivity index (χ2n) is 8.07. The standard InChI is InChI=1S/C30H19ClN2/c31-29-19-28(25-16-17-27-24(18-25)15-12-22-8-4-5-9-26(22)27)32-30(33-29)23-13-10-21(11-14-23)20-6-2-1-3-7-20/h1-19H. The van der Waals surface area contributed by atoms with Crippen LogP contribution in [0.1, 0.15) is 0 Å². The van der Waals surface area contributed by atoms with Gasteiger partial charge in [-0.15, -0.1) is 0 Å².